The van der Waals surface area contributed by atoms with Crippen LogP contribution in [-0.2, 0) is 16.1 Å². The molecule has 2 fully saturated rings. The van der Waals surface area contributed by atoms with Gasteiger partial charge in [0.05, 0.1) is 12.0 Å². The minimum absolute atomic E-state index is 0.0313. The highest BCUT2D eigenvalue weighted by atomic mass is 35.5. The van der Waals surface area contributed by atoms with Gasteiger partial charge in [-0.3, -0.25) is 14.5 Å². The van der Waals surface area contributed by atoms with Crippen LogP contribution in [0.1, 0.15) is 18.4 Å². The van der Waals surface area contributed by atoms with E-state index in [1.165, 1.54) is 23.1 Å². The molecular weight excluding hydrogens is 301 g/mol. The van der Waals surface area contributed by atoms with Gasteiger partial charge in [0.15, 0.2) is 0 Å². The molecule has 1 aromatic rings. The van der Waals surface area contributed by atoms with Gasteiger partial charge in [-0.2, -0.15) is 11.8 Å². The molecule has 0 unspecified atom stereocenters. The van der Waals surface area contributed by atoms with Crippen LogP contribution in [0.4, 0.5) is 4.39 Å². The lowest BCUT2D eigenvalue weighted by Gasteiger charge is -2.20. The Balaban J connectivity index is 1.86. The van der Waals surface area contributed by atoms with E-state index in [0.717, 1.165) is 12.2 Å². The molecule has 0 aromatic heterocycles. The number of hydrogen-bond donors (Lipinski definition) is 0. The zero-order valence-electron chi connectivity index (χ0n) is 10.7. The largest absolute Gasteiger partial charge is 0.277 e. The zero-order chi connectivity index (χ0) is 14.3. The summed E-state index contributed by atoms with van der Waals surface area (Å²) in [6, 6.07) is 4.17. The summed E-state index contributed by atoms with van der Waals surface area (Å²) in [5.74, 6) is 0.769. The summed E-state index contributed by atoms with van der Waals surface area (Å²) in [7, 11) is 0. The van der Waals surface area contributed by atoms with Gasteiger partial charge < -0.3 is 0 Å². The molecule has 0 radical (unpaired) electrons. The summed E-state index contributed by atoms with van der Waals surface area (Å²) in [6.45, 7) is -0.0313. The number of thioether (sulfide) groups is 1. The number of carbonyl (C=O) groups excluding carboxylic acids is 2. The van der Waals surface area contributed by atoms with E-state index >= 15 is 0 Å². The Hall–Kier alpha value is -1.07. The first-order valence-electron chi connectivity index (χ1n) is 6.38. The molecule has 20 heavy (non-hydrogen) atoms. The fourth-order valence-corrected chi connectivity index (χ4v) is 4.40. The molecule has 1 spiro atoms. The fourth-order valence-electron chi connectivity index (χ4n) is 2.77. The summed E-state index contributed by atoms with van der Waals surface area (Å²) < 4.78 is 13.7. The van der Waals surface area contributed by atoms with Gasteiger partial charge in [-0.15, -0.1) is 0 Å². The van der Waals surface area contributed by atoms with E-state index in [2.05, 4.69) is 0 Å². The summed E-state index contributed by atoms with van der Waals surface area (Å²) in [6.07, 6.45) is 0.984. The molecule has 2 saturated heterocycles. The number of halogens is 2. The molecule has 1 atom stereocenters. The van der Waals surface area contributed by atoms with Crippen LogP contribution in [0.2, 0.25) is 5.02 Å². The molecule has 6 heteroatoms. The number of amides is 2. The van der Waals surface area contributed by atoms with Gasteiger partial charge in [0, 0.05) is 22.8 Å². The van der Waals surface area contributed by atoms with Crippen molar-refractivity contribution in [3.8, 4) is 0 Å². The predicted molar refractivity (Wildman–Crippen MR) is 76.0 cm³/mol. The average Bonchev–Trinajstić information content (AvgIpc) is 2.96. The van der Waals surface area contributed by atoms with E-state index in [-0.39, 0.29) is 30.3 Å². The van der Waals surface area contributed by atoms with Crippen molar-refractivity contribution in [2.24, 2.45) is 5.41 Å². The van der Waals surface area contributed by atoms with Crippen LogP contribution in [-0.4, -0.2) is 28.2 Å². The highest BCUT2D eigenvalue weighted by molar-refractivity contribution is 7.99. The Kier molecular flexibility index (Phi) is 3.50. The number of nitrogens with zero attached hydrogens (tertiary/aromatic N) is 1. The first-order chi connectivity index (χ1) is 9.52. The quantitative estimate of drug-likeness (QED) is 0.788. The third-order valence-corrected chi connectivity index (χ3v) is 5.41. The van der Waals surface area contributed by atoms with Crippen LogP contribution in [0.15, 0.2) is 18.2 Å². The normalized spacial score (nSPS) is 26.0. The molecule has 0 bridgehead atoms. The molecule has 3 nitrogen and oxygen atoms in total. The van der Waals surface area contributed by atoms with Crippen LogP contribution in [0.5, 0.6) is 0 Å². The van der Waals surface area contributed by atoms with Crippen LogP contribution in [0.3, 0.4) is 0 Å². The molecule has 1 aromatic carbocycles. The van der Waals surface area contributed by atoms with Gasteiger partial charge in [-0.05, 0) is 30.4 Å². The molecule has 0 aliphatic carbocycles. The minimum Gasteiger partial charge on any atom is -0.277 e. The SMILES string of the molecule is O=C1C[C@@]2(CCSC2)C(=O)N1Cc1cc(Cl)ccc1F. The second-order valence-corrected chi connectivity index (χ2v) is 6.82. The van der Waals surface area contributed by atoms with Crippen molar-refractivity contribution in [1.29, 1.82) is 0 Å². The Morgan fingerprint density at radius 1 is 1.40 bits per heavy atom. The molecule has 0 N–H and O–H groups in total. The van der Waals surface area contributed by atoms with Crippen molar-refractivity contribution < 1.29 is 14.0 Å². The summed E-state index contributed by atoms with van der Waals surface area (Å²) in [4.78, 5) is 25.7. The van der Waals surface area contributed by atoms with Crippen molar-refractivity contribution >= 4 is 35.2 Å². The van der Waals surface area contributed by atoms with Crippen molar-refractivity contribution in [3.63, 3.8) is 0 Å². The first-order valence-corrected chi connectivity index (χ1v) is 7.92. The third-order valence-electron chi connectivity index (χ3n) is 3.93. The van der Waals surface area contributed by atoms with Gasteiger partial charge in [0.2, 0.25) is 11.8 Å². The highest BCUT2D eigenvalue weighted by Gasteiger charge is 2.52. The molecule has 3 rings (SSSR count). The van der Waals surface area contributed by atoms with Gasteiger partial charge in [0.1, 0.15) is 5.82 Å². The number of carbonyl (C=O) groups is 2. The van der Waals surface area contributed by atoms with E-state index in [0.29, 0.717) is 10.8 Å². The summed E-state index contributed by atoms with van der Waals surface area (Å²) >= 11 is 7.53. The molecule has 0 saturated carbocycles. The number of benzene rings is 1. The molecule has 106 valence electrons. The molecular formula is C14H13ClFNO2S. The van der Waals surface area contributed by atoms with Gasteiger partial charge in [-0.1, -0.05) is 11.6 Å². The molecule has 2 amide bonds. The number of imide groups is 1. The second kappa shape index (κ2) is 5.04. The minimum atomic E-state index is -0.545. The van der Waals surface area contributed by atoms with Crippen LogP contribution >= 0.6 is 23.4 Å². The van der Waals surface area contributed by atoms with Crippen molar-refractivity contribution in [2.45, 2.75) is 19.4 Å². The van der Waals surface area contributed by atoms with Gasteiger partial charge in [0.25, 0.3) is 0 Å². The van der Waals surface area contributed by atoms with Crippen molar-refractivity contribution in [2.75, 3.05) is 11.5 Å². The topological polar surface area (TPSA) is 37.4 Å². The Labute approximate surface area is 125 Å². The monoisotopic (exact) mass is 313 g/mol. The summed E-state index contributed by atoms with van der Waals surface area (Å²) in [5.41, 5.74) is -0.265. The summed E-state index contributed by atoms with van der Waals surface area (Å²) in [5, 5.41) is 0.395. The number of rotatable bonds is 2. The fraction of sp³-hybridized carbons (Fsp3) is 0.429. The van der Waals surface area contributed by atoms with Crippen LogP contribution < -0.4 is 0 Å². The van der Waals surface area contributed by atoms with E-state index in [1.807, 2.05) is 0 Å². The van der Waals surface area contributed by atoms with Gasteiger partial charge in [-0.25, -0.2) is 4.39 Å². The van der Waals surface area contributed by atoms with E-state index < -0.39 is 11.2 Å². The lowest BCUT2D eigenvalue weighted by atomic mass is 9.86. The van der Waals surface area contributed by atoms with E-state index in [1.54, 1.807) is 11.8 Å². The number of likely N-dealkylation sites (tertiary alicyclic amines) is 1. The second-order valence-electron chi connectivity index (χ2n) is 5.28. The van der Waals surface area contributed by atoms with Crippen molar-refractivity contribution in [3.05, 3.63) is 34.6 Å². The third kappa shape index (κ3) is 2.23. The maximum absolute atomic E-state index is 13.7. The smallest absolute Gasteiger partial charge is 0.237 e. The maximum atomic E-state index is 13.7. The predicted octanol–water partition coefficient (Wildman–Crippen LogP) is 2.86. The Morgan fingerprint density at radius 2 is 2.20 bits per heavy atom. The van der Waals surface area contributed by atoms with Gasteiger partial charge >= 0.3 is 0 Å². The lowest BCUT2D eigenvalue weighted by molar-refractivity contribution is -0.141. The first kappa shape index (κ1) is 13.9. The van der Waals surface area contributed by atoms with E-state index in [4.69, 9.17) is 11.6 Å². The molecule has 2 heterocycles. The molecule has 2 aliphatic heterocycles. The standard InChI is InChI=1S/C14H13ClFNO2S/c15-10-1-2-11(16)9(5-10)7-17-12(18)6-14(13(17)19)3-4-20-8-14/h1-2,5H,3-4,6-8H2/t14-/m1/s1. The Bertz CT molecular complexity index is 587. The molecule has 2 aliphatic rings. The van der Waals surface area contributed by atoms with Crippen LogP contribution in [0.25, 0.3) is 0 Å². The lowest BCUT2D eigenvalue weighted by Crippen LogP contribution is -2.35. The highest BCUT2D eigenvalue weighted by Crippen LogP contribution is 2.45. The Morgan fingerprint density at radius 3 is 2.90 bits per heavy atom. The van der Waals surface area contributed by atoms with Crippen molar-refractivity contribution in [1.82, 2.24) is 4.90 Å². The average molecular weight is 314 g/mol. The van der Waals surface area contributed by atoms with E-state index in [9.17, 15) is 14.0 Å². The van der Waals surface area contributed by atoms with Crippen LogP contribution in [0, 0.1) is 11.2 Å². The maximum Gasteiger partial charge on any atom is 0.237 e. The zero-order valence-corrected chi connectivity index (χ0v) is 12.3. The number of hydrogen-bond acceptors (Lipinski definition) is 3.